The minimum absolute atomic E-state index is 0.298. The molecule has 2 heterocycles. The highest BCUT2D eigenvalue weighted by Gasteiger charge is 2.29. The molecule has 0 bridgehead atoms. The molecule has 0 radical (unpaired) electrons. The summed E-state index contributed by atoms with van der Waals surface area (Å²) in [4.78, 5) is 0.754. The molecule has 1 saturated heterocycles. The van der Waals surface area contributed by atoms with Crippen LogP contribution >= 0.6 is 24.0 Å². The lowest BCUT2D eigenvalue weighted by atomic mass is 10.1. The van der Waals surface area contributed by atoms with Crippen molar-refractivity contribution in [2.24, 2.45) is 0 Å². The highest BCUT2D eigenvalue weighted by molar-refractivity contribution is 8.26. The second-order valence-corrected chi connectivity index (χ2v) is 5.33. The van der Waals surface area contributed by atoms with Crippen LogP contribution in [0.3, 0.4) is 0 Å². The summed E-state index contributed by atoms with van der Waals surface area (Å²) in [6, 6.07) is 7.67. The van der Waals surface area contributed by atoms with Crippen molar-refractivity contribution in [3.63, 3.8) is 0 Å². The van der Waals surface area contributed by atoms with Gasteiger partial charge in [-0.05, 0) is 0 Å². The first kappa shape index (κ1) is 10.5. The maximum absolute atomic E-state index is 7.86. The standard InChI is InChI=1S/C11H8N4S2/c12-9-6-4-2-1-3-5(6)7(14-9)8-10(13)15-11(16)17-8/h1-4H,(H2,12,14)(H2,13,15,16). The van der Waals surface area contributed by atoms with Gasteiger partial charge >= 0.3 is 0 Å². The SMILES string of the molecule is N=C1NC(=S)SC1=C1NC(=N)c2ccccc21. The first-order valence-corrected chi connectivity index (χ1v) is 6.16. The van der Waals surface area contributed by atoms with Crippen LogP contribution in [0.15, 0.2) is 29.2 Å². The highest BCUT2D eigenvalue weighted by Crippen LogP contribution is 2.34. The van der Waals surface area contributed by atoms with Gasteiger partial charge in [-0.3, -0.25) is 10.8 Å². The topological polar surface area (TPSA) is 71.8 Å². The Morgan fingerprint density at radius 2 is 1.71 bits per heavy atom. The van der Waals surface area contributed by atoms with E-state index in [4.69, 9.17) is 23.0 Å². The van der Waals surface area contributed by atoms with Gasteiger partial charge in [-0.2, -0.15) is 0 Å². The fraction of sp³-hybridized carbons (Fsp3) is 0. The van der Waals surface area contributed by atoms with Gasteiger partial charge in [0.15, 0.2) is 0 Å². The second-order valence-electron chi connectivity index (χ2n) is 3.64. The van der Waals surface area contributed by atoms with Crippen LogP contribution in [-0.4, -0.2) is 16.0 Å². The summed E-state index contributed by atoms with van der Waals surface area (Å²) in [7, 11) is 0. The zero-order chi connectivity index (χ0) is 12.0. The zero-order valence-corrected chi connectivity index (χ0v) is 10.3. The van der Waals surface area contributed by atoms with E-state index in [0.717, 1.165) is 21.7 Å². The molecule has 1 aromatic rings. The van der Waals surface area contributed by atoms with Crippen LogP contribution in [0.2, 0.25) is 0 Å². The third-order valence-corrected chi connectivity index (χ3v) is 3.84. The molecule has 17 heavy (non-hydrogen) atoms. The van der Waals surface area contributed by atoms with E-state index in [-0.39, 0.29) is 0 Å². The molecule has 0 aromatic heterocycles. The Bertz CT molecular complexity index is 603. The zero-order valence-electron chi connectivity index (χ0n) is 8.63. The van der Waals surface area contributed by atoms with Crippen molar-refractivity contribution in [3.8, 4) is 0 Å². The molecule has 84 valence electrons. The van der Waals surface area contributed by atoms with Gasteiger partial charge in [0.2, 0.25) is 0 Å². The molecule has 0 amide bonds. The highest BCUT2D eigenvalue weighted by atomic mass is 32.2. The molecule has 1 aromatic carbocycles. The Kier molecular flexibility index (Phi) is 2.27. The number of hydrogen-bond donors (Lipinski definition) is 4. The van der Waals surface area contributed by atoms with Crippen LogP contribution in [0.5, 0.6) is 0 Å². The Labute approximate surface area is 108 Å². The number of rotatable bonds is 0. The molecule has 0 saturated carbocycles. The third-order valence-electron chi connectivity index (χ3n) is 2.59. The molecule has 0 aliphatic carbocycles. The van der Waals surface area contributed by atoms with E-state index in [1.807, 2.05) is 24.3 Å². The molecule has 0 spiro atoms. The number of fused-ring (bicyclic) bond motifs is 1. The molecule has 4 N–H and O–H groups in total. The number of thiocarbonyl (C=S) groups is 1. The molecule has 3 rings (SSSR count). The average molecular weight is 260 g/mol. The van der Waals surface area contributed by atoms with Crippen LogP contribution in [0.4, 0.5) is 0 Å². The third kappa shape index (κ3) is 1.57. The lowest BCUT2D eigenvalue weighted by Gasteiger charge is -2.03. The van der Waals surface area contributed by atoms with Gasteiger partial charge in [0.25, 0.3) is 0 Å². The van der Waals surface area contributed by atoms with E-state index >= 15 is 0 Å². The fourth-order valence-corrected chi connectivity index (χ4v) is 2.97. The first-order chi connectivity index (χ1) is 8.16. The van der Waals surface area contributed by atoms with Crippen LogP contribution < -0.4 is 10.6 Å². The van der Waals surface area contributed by atoms with E-state index in [1.165, 1.54) is 11.8 Å². The monoisotopic (exact) mass is 260 g/mol. The van der Waals surface area contributed by atoms with Gasteiger partial charge < -0.3 is 10.6 Å². The Morgan fingerprint density at radius 3 is 2.35 bits per heavy atom. The van der Waals surface area contributed by atoms with E-state index in [1.54, 1.807) is 0 Å². The maximum atomic E-state index is 7.86. The molecule has 1 fully saturated rings. The van der Waals surface area contributed by atoms with Crippen molar-refractivity contribution < 1.29 is 0 Å². The van der Waals surface area contributed by atoms with Gasteiger partial charge in [0.1, 0.15) is 16.0 Å². The number of nitrogens with one attached hydrogen (secondary N) is 4. The Morgan fingerprint density at radius 1 is 1.00 bits per heavy atom. The summed E-state index contributed by atoms with van der Waals surface area (Å²) in [6.45, 7) is 0. The minimum atomic E-state index is 0.298. The van der Waals surface area contributed by atoms with Crippen molar-refractivity contribution in [3.05, 3.63) is 40.3 Å². The van der Waals surface area contributed by atoms with Crippen LogP contribution in [0.1, 0.15) is 11.1 Å². The summed E-state index contributed by atoms with van der Waals surface area (Å²) in [5.74, 6) is 0.668. The Balaban J connectivity index is 2.19. The molecular weight excluding hydrogens is 252 g/mol. The largest absolute Gasteiger partial charge is 0.339 e. The van der Waals surface area contributed by atoms with Crippen molar-refractivity contribution in [2.75, 3.05) is 0 Å². The molecule has 2 aliphatic rings. The minimum Gasteiger partial charge on any atom is -0.339 e. The van der Waals surface area contributed by atoms with Crippen molar-refractivity contribution in [1.82, 2.24) is 10.6 Å². The molecule has 6 heteroatoms. The molecule has 0 atom stereocenters. The van der Waals surface area contributed by atoms with Crippen LogP contribution in [-0.2, 0) is 0 Å². The lowest BCUT2D eigenvalue weighted by Crippen LogP contribution is -2.19. The van der Waals surface area contributed by atoms with Gasteiger partial charge in [-0.25, -0.2) is 0 Å². The number of thioether (sulfide) groups is 1. The molecule has 0 unspecified atom stereocenters. The Hall–Kier alpha value is -1.66. The molecular formula is C11H8N4S2. The van der Waals surface area contributed by atoms with Gasteiger partial charge in [-0.1, -0.05) is 48.2 Å². The van der Waals surface area contributed by atoms with Crippen molar-refractivity contribution in [1.29, 1.82) is 10.8 Å². The van der Waals surface area contributed by atoms with Gasteiger partial charge in [-0.15, -0.1) is 0 Å². The van der Waals surface area contributed by atoms with E-state index < -0.39 is 0 Å². The summed E-state index contributed by atoms with van der Waals surface area (Å²) in [6.07, 6.45) is 0. The smallest absolute Gasteiger partial charge is 0.144 e. The van der Waals surface area contributed by atoms with E-state index in [9.17, 15) is 0 Å². The summed E-state index contributed by atoms with van der Waals surface area (Å²) >= 11 is 6.38. The summed E-state index contributed by atoms with van der Waals surface area (Å²) in [5.41, 5.74) is 2.62. The lowest BCUT2D eigenvalue weighted by molar-refractivity contribution is 1.29. The van der Waals surface area contributed by atoms with E-state index in [2.05, 4.69) is 10.6 Å². The van der Waals surface area contributed by atoms with Gasteiger partial charge in [0, 0.05) is 11.1 Å². The van der Waals surface area contributed by atoms with Crippen LogP contribution in [0.25, 0.3) is 5.70 Å². The van der Waals surface area contributed by atoms with E-state index in [0.29, 0.717) is 16.0 Å². The maximum Gasteiger partial charge on any atom is 0.144 e. The normalized spacial score (nSPS) is 22.5. The predicted molar refractivity (Wildman–Crippen MR) is 74.4 cm³/mol. The fourth-order valence-electron chi connectivity index (χ4n) is 1.86. The number of amidine groups is 2. The molecule has 4 nitrogen and oxygen atoms in total. The summed E-state index contributed by atoms with van der Waals surface area (Å²) in [5, 5.41) is 21.5. The molecule has 2 aliphatic heterocycles. The average Bonchev–Trinajstić information content (AvgIpc) is 2.80. The number of benzene rings is 1. The first-order valence-electron chi connectivity index (χ1n) is 4.94. The second kappa shape index (κ2) is 3.68. The van der Waals surface area contributed by atoms with Crippen LogP contribution in [0, 0.1) is 10.8 Å². The summed E-state index contributed by atoms with van der Waals surface area (Å²) < 4.78 is 0.579. The quantitative estimate of drug-likeness (QED) is 0.538. The number of hydrogen-bond acceptors (Lipinski definition) is 4. The van der Waals surface area contributed by atoms with Gasteiger partial charge in [0.05, 0.1) is 10.6 Å². The van der Waals surface area contributed by atoms with Crippen molar-refractivity contribution >= 4 is 45.7 Å². The van der Waals surface area contributed by atoms with Crippen molar-refractivity contribution in [2.45, 2.75) is 0 Å². The predicted octanol–water partition coefficient (Wildman–Crippen LogP) is 1.88.